The maximum atomic E-state index is 11.4. The molecular formula is C31H42N5O3+. The van der Waals surface area contributed by atoms with Crippen LogP contribution in [-0.2, 0) is 11.2 Å². The Hall–Kier alpha value is -3.42. The summed E-state index contributed by atoms with van der Waals surface area (Å²) in [5, 5.41) is 10.8. The molecule has 1 unspecified atom stereocenters. The summed E-state index contributed by atoms with van der Waals surface area (Å²) in [5.74, 6) is 2.64. The Bertz CT molecular complexity index is 1170. The zero-order valence-corrected chi connectivity index (χ0v) is 23.1. The van der Waals surface area contributed by atoms with Crippen molar-refractivity contribution in [3.63, 3.8) is 0 Å². The molecule has 8 heteroatoms. The SMILES string of the molecule is CCc1cnc(N2CCC(COc3ccc(C4=CCC(C(O)=[N+]5CCC(C(N)=O)CC5)CC4)cc3)CC2)nc1. The lowest BCUT2D eigenvalue weighted by Gasteiger charge is -2.31. The van der Waals surface area contributed by atoms with Crippen LogP contribution in [0.5, 0.6) is 5.75 Å². The number of nitrogens with two attached hydrogens (primary N) is 1. The van der Waals surface area contributed by atoms with Gasteiger partial charge in [0.1, 0.15) is 18.8 Å². The second-order valence-electron chi connectivity index (χ2n) is 11.2. The number of carbonyl (C=O) groups is 1. The van der Waals surface area contributed by atoms with Crippen LogP contribution < -0.4 is 15.4 Å². The van der Waals surface area contributed by atoms with Gasteiger partial charge in [-0.05, 0) is 73.3 Å². The first kappa shape index (κ1) is 27.2. The molecule has 2 fully saturated rings. The second-order valence-corrected chi connectivity index (χ2v) is 11.2. The maximum Gasteiger partial charge on any atom is 0.337 e. The number of aryl methyl sites for hydroxylation is 1. The first-order valence-electron chi connectivity index (χ1n) is 14.6. The molecule has 0 radical (unpaired) electrons. The lowest BCUT2D eigenvalue weighted by Crippen LogP contribution is -2.38. The molecule has 3 aliphatic rings. The minimum atomic E-state index is -0.221. The number of anilines is 1. The van der Waals surface area contributed by atoms with Gasteiger partial charge in [-0.2, -0.15) is 0 Å². The Morgan fingerprint density at radius 1 is 1.05 bits per heavy atom. The van der Waals surface area contributed by atoms with Crippen molar-refractivity contribution in [1.82, 2.24) is 9.97 Å². The fourth-order valence-corrected chi connectivity index (χ4v) is 5.95. The van der Waals surface area contributed by atoms with E-state index >= 15 is 0 Å². The van der Waals surface area contributed by atoms with Gasteiger partial charge in [-0.15, -0.1) is 0 Å². The summed E-state index contributed by atoms with van der Waals surface area (Å²) in [6.45, 7) is 6.19. The normalized spacial score (nSPS) is 22.3. The number of aromatic nitrogens is 2. The van der Waals surface area contributed by atoms with Crippen LogP contribution in [0.15, 0.2) is 42.7 Å². The van der Waals surface area contributed by atoms with Crippen LogP contribution in [0, 0.1) is 17.8 Å². The summed E-state index contributed by atoms with van der Waals surface area (Å²) in [6, 6.07) is 8.46. The third-order valence-corrected chi connectivity index (χ3v) is 8.71. The van der Waals surface area contributed by atoms with E-state index < -0.39 is 0 Å². The molecule has 2 aliphatic heterocycles. The van der Waals surface area contributed by atoms with Crippen LogP contribution in [-0.4, -0.2) is 64.2 Å². The number of hydrogen-bond acceptors (Lipinski definition) is 5. The van der Waals surface area contributed by atoms with Crippen molar-refractivity contribution in [2.24, 2.45) is 23.5 Å². The van der Waals surface area contributed by atoms with Gasteiger partial charge in [0.2, 0.25) is 11.9 Å². The molecule has 5 rings (SSSR count). The molecule has 2 saturated heterocycles. The van der Waals surface area contributed by atoms with Crippen molar-refractivity contribution in [1.29, 1.82) is 0 Å². The highest BCUT2D eigenvalue weighted by molar-refractivity contribution is 5.77. The predicted octanol–water partition coefficient (Wildman–Crippen LogP) is 4.38. The molecule has 1 aliphatic carbocycles. The maximum absolute atomic E-state index is 11.4. The number of hydrogen-bond donors (Lipinski definition) is 2. The molecule has 0 bridgehead atoms. The van der Waals surface area contributed by atoms with Crippen LogP contribution in [0.4, 0.5) is 5.95 Å². The number of primary amides is 1. The molecule has 0 spiro atoms. The van der Waals surface area contributed by atoms with Gasteiger partial charge in [-0.25, -0.2) is 14.5 Å². The first-order chi connectivity index (χ1) is 19.0. The van der Waals surface area contributed by atoms with Gasteiger partial charge < -0.3 is 20.5 Å². The van der Waals surface area contributed by atoms with Gasteiger partial charge in [0, 0.05) is 44.2 Å². The number of ether oxygens (including phenoxy) is 1. The molecule has 2 aromatic rings. The highest BCUT2D eigenvalue weighted by atomic mass is 16.5. The predicted molar refractivity (Wildman–Crippen MR) is 153 cm³/mol. The zero-order valence-electron chi connectivity index (χ0n) is 23.1. The summed E-state index contributed by atoms with van der Waals surface area (Å²) in [4.78, 5) is 22.8. The van der Waals surface area contributed by atoms with E-state index in [1.54, 1.807) is 0 Å². The van der Waals surface area contributed by atoms with Crippen LogP contribution in [0.3, 0.4) is 0 Å². The fourth-order valence-electron chi connectivity index (χ4n) is 5.95. The number of piperidine rings is 2. The molecule has 0 saturated carbocycles. The molecule has 8 nitrogen and oxygen atoms in total. The molecule has 1 atom stereocenters. The minimum Gasteiger partial charge on any atom is -0.493 e. The fraction of sp³-hybridized carbons (Fsp3) is 0.548. The summed E-state index contributed by atoms with van der Waals surface area (Å²) >= 11 is 0. The molecule has 1 amide bonds. The number of benzene rings is 1. The number of nitrogens with zero attached hydrogens (tertiary/aromatic N) is 4. The van der Waals surface area contributed by atoms with Crippen molar-refractivity contribution in [2.45, 2.75) is 58.3 Å². The third kappa shape index (κ3) is 6.78. The van der Waals surface area contributed by atoms with E-state index in [9.17, 15) is 9.90 Å². The van der Waals surface area contributed by atoms with E-state index in [1.807, 2.05) is 17.0 Å². The summed E-state index contributed by atoms with van der Waals surface area (Å²) < 4.78 is 8.19. The molecule has 208 valence electrons. The van der Waals surface area contributed by atoms with Gasteiger partial charge in [0.15, 0.2) is 0 Å². The smallest absolute Gasteiger partial charge is 0.337 e. The Kier molecular flexibility index (Phi) is 8.79. The Labute approximate surface area is 231 Å². The molecule has 3 heterocycles. The van der Waals surface area contributed by atoms with Crippen molar-refractivity contribution in [3.8, 4) is 5.75 Å². The van der Waals surface area contributed by atoms with E-state index in [4.69, 9.17) is 10.5 Å². The Balaban J connectivity index is 1.07. The zero-order chi connectivity index (χ0) is 27.2. The summed E-state index contributed by atoms with van der Waals surface area (Å²) in [5.41, 5.74) is 9.18. The van der Waals surface area contributed by atoms with Crippen molar-refractivity contribution in [2.75, 3.05) is 37.7 Å². The number of aliphatic hydroxyl groups excluding tert-OH is 1. The average Bonchev–Trinajstić information content (AvgIpc) is 3.00. The quantitative estimate of drug-likeness (QED) is 0.386. The molecule has 39 heavy (non-hydrogen) atoms. The molecular weight excluding hydrogens is 490 g/mol. The van der Waals surface area contributed by atoms with Crippen molar-refractivity contribution in [3.05, 3.63) is 53.9 Å². The van der Waals surface area contributed by atoms with Crippen LogP contribution in [0.1, 0.15) is 63.0 Å². The lowest BCUT2D eigenvalue weighted by molar-refractivity contribution is -0.549. The highest BCUT2D eigenvalue weighted by Crippen LogP contribution is 2.32. The van der Waals surface area contributed by atoms with Gasteiger partial charge >= 0.3 is 5.90 Å². The highest BCUT2D eigenvalue weighted by Gasteiger charge is 2.32. The Morgan fingerprint density at radius 3 is 2.33 bits per heavy atom. The van der Waals surface area contributed by atoms with Crippen molar-refractivity contribution < 1.29 is 19.2 Å². The lowest BCUT2D eigenvalue weighted by atomic mass is 9.86. The summed E-state index contributed by atoms with van der Waals surface area (Å²) in [7, 11) is 0. The van der Waals surface area contributed by atoms with Crippen LogP contribution in [0.25, 0.3) is 5.57 Å². The molecule has 1 aromatic heterocycles. The number of aliphatic hydroxyl groups is 1. The number of carbonyl (C=O) groups excluding carboxylic acids is 1. The largest absolute Gasteiger partial charge is 0.493 e. The van der Waals surface area contributed by atoms with Gasteiger partial charge in [0.25, 0.3) is 0 Å². The third-order valence-electron chi connectivity index (χ3n) is 8.71. The molecule has 3 N–H and O–H groups in total. The van der Waals surface area contributed by atoms with Gasteiger partial charge in [-0.3, -0.25) is 4.79 Å². The average molecular weight is 533 g/mol. The number of allylic oxidation sites excluding steroid dienone is 2. The van der Waals surface area contributed by atoms with Crippen molar-refractivity contribution >= 4 is 23.3 Å². The van der Waals surface area contributed by atoms with E-state index in [1.165, 1.54) is 16.7 Å². The number of rotatable bonds is 8. The second kappa shape index (κ2) is 12.6. The first-order valence-corrected chi connectivity index (χ1v) is 14.6. The van der Waals surface area contributed by atoms with E-state index in [-0.39, 0.29) is 17.7 Å². The number of amides is 1. The van der Waals surface area contributed by atoms with E-state index in [0.29, 0.717) is 24.9 Å². The summed E-state index contributed by atoms with van der Waals surface area (Å²) in [6.07, 6.45) is 13.4. The standard InChI is InChI=1S/C31H41N5O3/c1-2-22-19-33-31(34-20-22)36-15-11-23(12-16-36)21-39-28-9-7-25(8-10-28)24-3-5-27(6-4-24)30(38)35-17-13-26(14-18-35)29(32)37/h3,7-10,19-20,23,26-27H,2,4-6,11-18,21H2,1H3,(H2,32,37)/p+1. The monoisotopic (exact) mass is 532 g/mol. The Morgan fingerprint density at radius 2 is 1.74 bits per heavy atom. The topological polar surface area (TPSA) is 105 Å². The van der Waals surface area contributed by atoms with Gasteiger partial charge in [0.05, 0.1) is 12.5 Å². The minimum absolute atomic E-state index is 0.0594. The molecule has 1 aromatic carbocycles. The van der Waals surface area contributed by atoms with E-state index in [2.05, 4.69) is 52.1 Å². The van der Waals surface area contributed by atoms with Gasteiger partial charge in [-0.1, -0.05) is 25.1 Å². The van der Waals surface area contributed by atoms with E-state index in [0.717, 1.165) is 82.8 Å². The van der Waals surface area contributed by atoms with Crippen LogP contribution in [0.2, 0.25) is 0 Å². The van der Waals surface area contributed by atoms with Crippen LogP contribution >= 0.6 is 0 Å².